The predicted molar refractivity (Wildman–Crippen MR) is 86.5 cm³/mol. The van der Waals surface area contributed by atoms with Crippen molar-refractivity contribution in [1.29, 1.82) is 0 Å². The molecule has 2 aliphatic rings. The molecule has 1 saturated carbocycles. The Kier molecular flexibility index (Phi) is 4.09. The first-order valence-corrected chi connectivity index (χ1v) is 8.31. The summed E-state index contributed by atoms with van der Waals surface area (Å²) in [7, 11) is 0. The quantitative estimate of drug-likeness (QED) is 0.475. The van der Waals surface area contributed by atoms with Gasteiger partial charge in [0.15, 0.2) is 11.5 Å². The molecule has 0 amide bonds. The van der Waals surface area contributed by atoms with E-state index in [1.165, 1.54) is 6.33 Å². The standard InChI is InChI=1S/C15H22N6O3/c22-5-8-3-10(13(24)12(8)23)21-7-19-11-14(17-6-18-15(11)21)20-9-1-2-16-4-9/h6-10,12-13,16,22-24H,1-5H2,(H,17,18,20)/t8?,9-,10?,12?,13?/m0/s1. The van der Waals surface area contributed by atoms with Gasteiger partial charge in [0.25, 0.3) is 0 Å². The van der Waals surface area contributed by atoms with Crippen LogP contribution in [0.5, 0.6) is 0 Å². The van der Waals surface area contributed by atoms with Gasteiger partial charge < -0.3 is 30.5 Å². The van der Waals surface area contributed by atoms with Crippen LogP contribution in [0.4, 0.5) is 5.82 Å². The average molecular weight is 334 g/mol. The van der Waals surface area contributed by atoms with Gasteiger partial charge in [-0.25, -0.2) is 15.0 Å². The lowest BCUT2D eigenvalue weighted by Gasteiger charge is -2.18. The molecule has 2 aromatic rings. The number of aromatic nitrogens is 4. The van der Waals surface area contributed by atoms with Crippen LogP contribution in [0, 0.1) is 5.92 Å². The Bertz CT molecular complexity index is 716. The van der Waals surface area contributed by atoms with E-state index in [0.29, 0.717) is 29.4 Å². The molecular formula is C15H22N6O3. The van der Waals surface area contributed by atoms with Crippen LogP contribution < -0.4 is 10.6 Å². The Labute approximate surface area is 138 Å². The number of aliphatic hydroxyl groups excluding tert-OH is 3. The molecule has 24 heavy (non-hydrogen) atoms. The lowest BCUT2D eigenvalue weighted by molar-refractivity contribution is -0.00370. The first-order valence-electron chi connectivity index (χ1n) is 8.31. The summed E-state index contributed by atoms with van der Waals surface area (Å²) in [5.74, 6) is 0.339. The molecule has 0 aromatic carbocycles. The number of imidazole rings is 1. The average Bonchev–Trinajstić information content (AvgIpc) is 3.30. The summed E-state index contributed by atoms with van der Waals surface area (Å²) < 4.78 is 1.78. The summed E-state index contributed by atoms with van der Waals surface area (Å²) in [6.07, 6.45) is 2.71. The number of nitrogens with one attached hydrogen (secondary N) is 2. The van der Waals surface area contributed by atoms with Gasteiger partial charge in [0, 0.05) is 25.1 Å². The molecule has 0 radical (unpaired) electrons. The highest BCUT2D eigenvalue weighted by atomic mass is 16.3. The van der Waals surface area contributed by atoms with Crippen LogP contribution in [0.3, 0.4) is 0 Å². The maximum atomic E-state index is 10.3. The number of nitrogens with zero attached hydrogens (tertiary/aromatic N) is 4. The molecule has 0 spiro atoms. The summed E-state index contributed by atoms with van der Waals surface area (Å²) in [5, 5.41) is 36.4. The van der Waals surface area contributed by atoms with Crippen molar-refractivity contribution in [3.63, 3.8) is 0 Å². The van der Waals surface area contributed by atoms with Crippen molar-refractivity contribution in [2.24, 2.45) is 5.92 Å². The largest absolute Gasteiger partial charge is 0.396 e. The van der Waals surface area contributed by atoms with Crippen LogP contribution in [0.15, 0.2) is 12.7 Å². The van der Waals surface area contributed by atoms with E-state index in [0.717, 1.165) is 19.5 Å². The third-order valence-electron chi connectivity index (χ3n) is 5.12. The van der Waals surface area contributed by atoms with Crippen molar-refractivity contribution in [3.8, 4) is 0 Å². The van der Waals surface area contributed by atoms with E-state index in [4.69, 9.17) is 0 Å². The van der Waals surface area contributed by atoms with Gasteiger partial charge in [-0.2, -0.15) is 0 Å². The molecule has 0 bridgehead atoms. The number of hydrogen-bond donors (Lipinski definition) is 5. The topological polar surface area (TPSA) is 128 Å². The number of hydrogen-bond acceptors (Lipinski definition) is 8. The fourth-order valence-electron chi connectivity index (χ4n) is 3.73. The summed E-state index contributed by atoms with van der Waals surface area (Å²) >= 11 is 0. The number of fused-ring (bicyclic) bond motifs is 1. The van der Waals surface area contributed by atoms with Crippen LogP contribution in [0.1, 0.15) is 18.9 Å². The van der Waals surface area contributed by atoms with Gasteiger partial charge in [-0.3, -0.25) is 0 Å². The normalized spacial score (nSPS) is 33.4. The molecule has 4 rings (SSSR count). The smallest absolute Gasteiger partial charge is 0.165 e. The number of aliphatic hydroxyl groups is 3. The van der Waals surface area contributed by atoms with Crippen molar-refractivity contribution in [2.45, 2.75) is 37.1 Å². The van der Waals surface area contributed by atoms with E-state index in [-0.39, 0.29) is 18.6 Å². The Morgan fingerprint density at radius 1 is 1.25 bits per heavy atom. The molecule has 9 nitrogen and oxygen atoms in total. The highest BCUT2D eigenvalue weighted by molar-refractivity contribution is 5.82. The van der Waals surface area contributed by atoms with Gasteiger partial charge in [-0.1, -0.05) is 0 Å². The van der Waals surface area contributed by atoms with E-state index < -0.39 is 12.2 Å². The Morgan fingerprint density at radius 2 is 2.12 bits per heavy atom. The van der Waals surface area contributed by atoms with Gasteiger partial charge in [0.1, 0.15) is 17.9 Å². The van der Waals surface area contributed by atoms with Crippen LogP contribution >= 0.6 is 0 Å². The second kappa shape index (κ2) is 6.25. The lowest BCUT2D eigenvalue weighted by atomic mass is 10.1. The summed E-state index contributed by atoms with van der Waals surface area (Å²) in [5.41, 5.74) is 1.27. The molecule has 9 heteroatoms. The summed E-state index contributed by atoms with van der Waals surface area (Å²) in [6, 6.07) is -0.0519. The zero-order chi connectivity index (χ0) is 16.7. The first-order chi connectivity index (χ1) is 11.7. The predicted octanol–water partition coefficient (Wildman–Crippen LogP) is -1.12. The minimum Gasteiger partial charge on any atom is -0.396 e. The third-order valence-corrected chi connectivity index (χ3v) is 5.12. The van der Waals surface area contributed by atoms with Crippen molar-refractivity contribution in [2.75, 3.05) is 25.0 Å². The molecule has 1 aliphatic heterocycles. The highest BCUT2D eigenvalue weighted by Crippen LogP contribution is 2.37. The van der Waals surface area contributed by atoms with Gasteiger partial charge in [0.05, 0.1) is 18.5 Å². The molecule has 4 unspecified atom stereocenters. The van der Waals surface area contributed by atoms with E-state index in [2.05, 4.69) is 25.6 Å². The van der Waals surface area contributed by atoms with Crippen molar-refractivity contribution < 1.29 is 15.3 Å². The SMILES string of the molecule is OCC1CC(n2cnc3c(N[C@H]4CCNC4)ncnc32)C(O)C1O. The molecule has 5 N–H and O–H groups in total. The summed E-state index contributed by atoms with van der Waals surface area (Å²) in [6.45, 7) is 1.71. The highest BCUT2D eigenvalue weighted by Gasteiger charge is 2.42. The molecular weight excluding hydrogens is 312 g/mol. The third kappa shape index (κ3) is 2.53. The second-order valence-corrected chi connectivity index (χ2v) is 6.61. The van der Waals surface area contributed by atoms with E-state index in [9.17, 15) is 15.3 Å². The van der Waals surface area contributed by atoms with Crippen LogP contribution in [0.25, 0.3) is 11.2 Å². The fourth-order valence-corrected chi connectivity index (χ4v) is 3.73. The second-order valence-electron chi connectivity index (χ2n) is 6.61. The molecule has 1 aliphatic carbocycles. The fraction of sp³-hybridized carbons (Fsp3) is 0.667. The minimum absolute atomic E-state index is 0.155. The maximum absolute atomic E-state index is 10.3. The monoisotopic (exact) mass is 334 g/mol. The number of anilines is 1. The zero-order valence-corrected chi connectivity index (χ0v) is 13.2. The molecule has 130 valence electrons. The first kappa shape index (κ1) is 15.7. The van der Waals surface area contributed by atoms with Gasteiger partial charge in [0.2, 0.25) is 0 Å². The Morgan fingerprint density at radius 3 is 2.83 bits per heavy atom. The number of rotatable bonds is 4. The van der Waals surface area contributed by atoms with Crippen molar-refractivity contribution in [1.82, 2.24) is 24.8 Å². The van der Waals surface area contributed by atoms with Crippen LogP contribution in [-0.4, -0.2) is 72.8 Å². The van der Waals surface area contributed by atoms with Crippen LogP contribution in [0.2, 0.25) is 0 Å². The van der Waals surface area contributed by atoms with E-state index in [1.54, 1.807) is 10.9 Å². The van der Waals surface area contributed by atoms with Gasteiger partial charge in [-0.05, 0) is 19.4 Å². The van der Waals surface area contributed by atoms with Crippen molar-refractivity contribution in [3.05, 3.63) is 12.7 Å². The Balaban J connectivity index is 1.65. The lowest BCUT2D eigenvalue weighted by Crippen LogP contribution is -2.30. The molecule has 5 atom stereocenters. The Hall–Kier alpha value is -1.81. The molecule has 1 saturated heterocycles. The molecule has 2 aromatic heterocycles. The van der Waals surface area contributed by atoms with Gasteiger partial charge in [-0.15, -0.1) is 0 Å². The van der Waals surface area contributed by atoms with Crippen molar-refractivity contribution >= 4 is 17.0 Å². The minimum atomic E-state index is -0.954. The molecule has 2 fully saturated rings. The molecule has 3 heterocycles. The van der Waals surface area contributed by atoms with Gasteiger partial charge >= 0.3 is 0 Å². The van der Waals surface area contributed by atoms with Crippen LogP contribution in [-0.2, 0) is 0 Å². The zero-order valence-electron chi connectivity index (χ0n) is 13.2. The van der Waals surface area contributed by atoms with E-state index >= 15 is 0 Å². The maximum Gasteiger partial charge on any atom is 0.165 e. The summed E-state index contributed by atoms with van der Waals surface area (Å²) in [4.78, 5) is 13.0. The van der Waals surface area contributed by atoms with E-state index in [1.807, 2.05) is 0 Å².